The van der Waals surface area contributed by atoms with Gasteiger partial charge in [0, 0.05) is 13.0 Å². The number of hydrogen-bond donors (Lipinski definition) is 6. The quantitative estimate of drug-likeness (QED) is 0.334. The molecule has 1 aromatic rings. The van der Waals surface area contributed by atoms with Crippen LogP contribution in [0.15, 0.2) is 18.2 Å². The Morgan fingerprint density at radius 3 is 2.40 bits per heavy atom. The molecule has 9 heteroatoms. The number of benzene rings is 1. The summed E-state index contributed by atoms with van der Waals surface area (Å²) < 4.78 is 16.0. The average molecular weight is 360 g/mol. The lowest BCUT2D eigenvalue weighted by atomic mass is 9.99. The van der Waals surface area contributed by atoms with E-state index in [9.17, 15) is 25.5 Å². The molecule has 25 heavy (non-hydrogen) atoms. The van der Waals surface area contributed by atoms with E-state index >= 15 is 0 Å². The van der Waals surface area contributed by atoms with E-state index in [0.717, 1.165) is 0 Å². The van der Waals surface area contributed by atoms with E-state index in [-0.39, 0.29) is 24.5 Å². The van der Waals surface area contributed by atoms with Gasteiger partial charge in [0.05, 0.1) is 19.8 Å². The summed E-state index contributed by atoms with van der Waals surface area (Å²) in [6.45, 7) is -0.735. The summed E-state index contributed by atoms with van der Waals surface area (Å²) in [6.07, 6.45) is -7.69. The Balaban J connectivity index is 2.18. The summed E-state index contributed by atoms with van der Waals surface area (Å²) >= 11 is 0. The van der Waals surface area contributed by atoms with Gasteiger partial charge in [-0.2, -0.15) is 0 Å². The van der Waals surface area contributed by atoms with Crippen molar-refractivity contribution in [3.05, 3.63) is 23.8 Å². The summed E-state index contributed by atoms with van der Waals surface area (Å²) in [7, 11) is 1.39. The zero-order valence-electron chi connectivity index (χ0n) is 13.7. The first-order chi connectivity index (χ1) is 11.9. The van der Waals surface area contributed by atoms with Gasteiger partial charge < -0.3 is 44.8 Å². The predicted octanol–water partition coefficient (Wildman–Crippen LogP) is -1.71. The summed E-state index contributed by atoms with van der Waals surface area (Å²) in [5.41, 5.74) is 0.507. The molecule has 1 heterocycles. The normalized spacial score (nSPS) is 30.8. The van der Waals surface area contributed by atoms with Gasteiger partial charge in [0.25, 0.3) is 0 Å². The van der Waals surface area contributed by atoms with Crippen molar-refractivity contribution in [2.45, 2.75) is 43.2 Å². The molecule has 0 saturated carbocycles. The van der Waals surface area contributed by atoms with Crippen LogP contribution in [0.2, 0.25) is 0 Å². The van der Waals surface area contributed by atoms with Gasteiger partial charge in [0.15, 0.2) is 11.5 Å². The number of hydrogen-bond acceptors (Lipinski definition) is 9. The van der Waals surface area contributed by atoms with E-state index in [2.05, 4.69) is 0 Å². The topological polar surface area (TPSA) is 149 Å². The largest absolute Gasteiger partial charge is 0.493 e. The van der Waals surface area contributed by atoms with Crippen molar-refractivity contribution in [1.82, 2.24) is 0 Å². The molecular formula is C16H24O9. The number of rotatable bonds is 7. The molecule has 0 unspecified atom stereocenters. The third-order valence-electron chi connectivity index (χ3n) is 4.07. The minimum absolute atomic E-state index is 0.163. The predicted molar refractivity (Wildman–Crippen MR) is 84.1 cm³/mol. The summed E-state index contributed by atoms with van der Waals surface area (Å²) in [5, 5.41) is 57.6. The Hall–Kier alpha value is -1.46. The van der Waals surface area contributed by atoms with E-state index in [1.54, 1.807) is 6.07 Å². The Morgan fingerprint density at radius 1 is 1.08 bits per heavy atom. The maximum atomic E-state index is 10.0. The molecule has 1 aromatic carbocycles. The van der Waals surface area contributed by atoms with Crippen molar-refractivity contribution >= 4 is 0 Å². The molecule has 0 aliphatic carbocycles. The van der Waals surface area contributed by atoms with Gasteiger partial charge in [-0.3, -0.25) is 0 Å². The summed E-state index contributed by atoms with van der Waals surface area (Å²) in [4.78, 5) is 0. The number of ether oxygens (including phenoxy) is 3. The van der Waals surface area contributed by atoms with Gasteiger partial charge in [-0.1, -0.05) is 6.07 Å². The number of aliphatic hydroxyl groups is 6. The van der Waals surface area contributed by atoms with Crippen molar-refractivity contribution in [3.8, 4) is 11.5 Å². The van der Waals surface area contributed by atoms with Crippen LogP contribution in [0.3, 0.4) is 0 Å². The fourth-order valence-electron chi connectivity index (χ4n) is 2.57. The van der Waals surface area contributed by atoms with E-state index in [0.29, 0.717) is 5.56 Å². The molecule has 6 atom stereocenters. The van der Waals surface area contributed by atoms with Gasteiger partial charge in [0.1, 0.15) is 24.4 Å². The van der Waals surface area contributed by atoms with Crippen molar-refractivity contribution in [3.63, 3.8) is 0 Å². The second-order valence-electron chi connectivity index (χ2n) is 5.75. The molecule has 0 aromatic heterocycles. The maximum Gasteiger partial charge on any atom is 0.229 e. The van der Waals surface area contributed by atoms with Crippen LogP contribution in [0, 0.1) is 0 Å². The van der Waals surface area contributed by atoms with Crippen LogP contribution < -0.4 is 9.47 Å². The molecule has 2 rings (SSSR count). The number of aliphatic hydroxyl groups excluding tert-OH is 6. The zero-order chi connectivity index (χ0) is 18.6. The lowest BCUT2D eigenvalue weighted by Crippen LogP contribution is -2.60. The zero-order valence-corrected chi connectivity index (χ0v) is 13.7. The van der Waals surface area contributed by atoms with Crippen molar-refractivity contribution < 1.29 is 44.8 Å². The van der Waals surface area contributed by atoms with Gasteiger partial charge in [-0.05, 0) is 17.7 Å². The first-order valence-electron chi connectivity index (χ1n) is 7.87. The fourth-order valence-corrected chi connectivity index (χ4v) is 2.57. The minimum Gasteiger partial charge on any atom is -0.493 e. The highest BCUT2D eigenvalue weighted by molar-refractivity contribution is 5.43. The third-order valence-corrected chi connectivity index (χ3v) is 4.07. The monoisotopic (exact) mass is 360 g/mol. The van der Waals surface area contributed by atoms with Gasteiger partial charge in [0.2, 0.25) is 6.29 Å². The van der Waals surface area contributed by atoms with Crippen LogP contribution in [0.5, 0.6) is 11.5 Å². The Bertz CT molecular complexity index is 550. The van der Waals surface area contributed by atoms with Crippen molar-refractivity contribution in [1.29, 1.82) is 0 Å². The molecular weight excluding hydrogens is 336 g/mol. The molecule has 6 N–H and O–H groups in total. The summed E-state index contributed by atoms with van der Waals surface area (Å²) in [5.74, 6) is 0.415. The van der Waals surface area contributed by atoms with Gasteiger partial charge in [-0.25, -0.2) is 0 Å². The second-order valence-corrected chi connectivity index (χ2v) is 5.75. The molecule has 9 nitrogen and oxygen atoms in total. The molecule has 0 bridgehead atoms. The van der Waals surface area contributed by atoms with Crippen LogP contribution in [0.1, 0.15) is 18.1 Å². The molecule has 1 aliphatic rings. The lowest BCUT2D eigenvalue weighted by molar-refractivity contribution is -0.277. The first kappa shape index (κ1) is 19.9. The molecule has 1 saturated heterocycles. The highest BCUT2D eigenvalue weighted by Crippen LogP contribution is 2.33. The van der Waals surface area contributed by atoms with Gasteiger partial charge in [-0.15, -0.1) is 0 Å². The van der Waals surface area contributed by atoms with Crippen LogP contribution in [0.4, 0.5) is 0 Å². The molecule has 1 aliphatic heterocycles. The van der Waals surface area contributed by atoms with Crippen LogP contribution in [0.25, 0.3) is 0 Å². The Kier molecular flexibility index (Phi) is 6.96. The lowest BCUT2D eigenvalue weighted by Gasteiger charge is -2.39. The Labute approximate surface area is 144 Å². The van der Waals surface area contributed by atoms with E-state index in [1.807, 2.05) is 0 Å². The van der Waals surface area contributed by atoms with Crippen LogP contribution in [-0.4, -0.2) is 81.7 Å². The molecule has 1 fully saturated rings. The highest BCUT2D eigenvalue weighted by atomic mass is 16.7. The third kappa shape index (κ3) is 4.39. The second kappa shape index (κ2) is 8.77. The molecule has 0 amide bonds. The van der Waals surface area contributed by atoms with Crippen LogP contribution in [-0.2, 0) is 4.74 Å². The summed E-state index contributed by atoms with van der Waals surface area (Å²) in [6, 6.07) is 4.55. The smallest absolute Gasteiger partial charge is 0.229 e. The number of methoxy groups -OCH3 is 1. The highest BCUT2D eigenvalue weighted by Gasteiger charge is 2.44. The standard InChI is InChI=1S/C16H24O9/c1-23-11-6-8(9(19)4-5-17)2-3-10(11)24-16-15(22)14(21)13(20)12(7-18)25-16/h2-3,6,9,12-22H,4-5,7H2,1H3/t9-,12+,13+,14-,15+,16+/m0/s1. The van der Waals surface area contributed by atoms with E-state index in [1.165, 1.54) is 19.2 Å². The van der Waals surface area contributed by atoms with Crippen molar-refractivity contribution in [2.75, 3.05) is 20.3 Å². The minimum atomic E-state index is -1.55. The Morgan fingerprint density at radius 2 is 1.80 bits per heavy atom. The van der Waals surface area contributed by atoms with Gasteiger partial charge >= 0.3 is 0 Å². The molecule has 142 valence electrons. The SMILES string of the molecule is COc1cc([C@@H](O)CCO)ccc1O[C@@H]1O[C@H](CO)[C@@H](O)[C@H](O)[C@H]1O. The van der Waals surface area contributed by atoms with Crippen molar-refractivity contribution in [2.24, 2.45) is 0 Å². The molecule has 0 radical (unpaired) electrons. The fraction of sp³-hybridized carbons (Fsp3) is 0.625. The van der Waals surface area contributed by atoms with E-state index in [4.69, 9.17) is 19.3 Å². The average Bonchev–Trinajstić information content (AvgIpc) is 2.62. The van der Waals surface area contributed by atoms with Crippen LogP contribution >= 0.6 is 0 Å². The van der Waals surface area contributed by atoms with E-state index < -0.39 is 43.4 Å². The maximum absolute atomic E-state index is 10.0. The molecule has 0 spiro atoms. The first-order valence-corrected chi connectivity index (χ1v) is 7.87.